The van der Waals surface area contributed by atoms with Crippen molar-refractivity contribution in [2.45, 2.75) is 38.1 Å². The molecule has 26 heavy (non-hydrogen) atoms. The smallest absolute Gasteiger partial charge is 0.254 e. The van der Waals surface area contributed by atoms with Crippen LogP contribution in [0, 0.1) is 11.8 Å². The molecule has 1 aromatic carbocycles. The van der Waals surface area contributed by atoms with E-state index in [4.69, 9.17) is 0 Å². The van der Waals surface area contributed by atoms with Gasteiger partial charge in [0.25, 0.3) is 5.91 Å². The van der Waals surface area contributed by atoms with Crippen molar-refractivity contribution < 1.29 is 9.59 Å². The van der Waals surface area contributed by atoms with E-state index >= 15 is 0 Å². The number of rotatable bonds is 3. The number of nitrogens with zero attached hydrogens (tertiary/aromatic N) is 3. The monoisotopic (exact) mass is 355 g/mol. The molecule has 0 spiro atoms. The minimum atomic E-state index is 0.112. The van der Waals surface area contributed by atoms with Crippen LogP contribution < -0.4 is 4.90 Å². The fourth-order valence-electron chi connectivity index (χ4n) is 4.51. The van der Waals surface area contributed by atoms with E-state index in [9.17, 15) is 9.59 Å². The molecule has 0 N–H and O–H groups in total. The normalized spacial score (nSPS) is 25.6. The number of piperidine rings is 1. The van der Waals surface area contributed by atoms with Gasteiger partial charge in [0.05, 0.1) is 0 Å². The molecule has 1 aliphatic carbocycles. The van der Waals surface area contributed by atoms with E-state index in [1.54, 1.807) is 0 Å². The number of fused-ring (bicyclic) bond motifs is 4. The first-order chi connectivity index (χ1) is 12.5. The summed E-state index contributed by atoms with van der Waals surface area (Å²) in [7, 11) is 3.98. The van der Waals surface area contributed by atoms with E-state index < -0.39 is 0 Å². The third kappa shape index (κ3) is 3.19. The summed E-state index contributed by atoms with van der Waals surface area (Å²) in [6.45, 7) is 2.32. The van der Waals surface area contributed by atoms with Crippen molar-refractivity contribution in [2.24, 2.45) is 11.8 Å². The first-order valence-corrected chi connectivity index (χ1v) is 9.90. The second-order valence-corrected chi connectivity index (χ2v) is 8.37. The lowest BCUT2D eigenvalue weighted by Crippen LogP contribution is -2.48. The van der Waals surface area contributed by atoms with Crippen LogP contribution in [0.1, 0.15) is 42.5 Å². The lowest BCUT2D eigenvalue weighted by molar-refractivity contribution is -0.138. The van der Waals surface area contributed by atoms with Crippen LogP contribution in [0.2, 0.25) is 0 Å². The molecule has 0 radical (unpaired) electrons. The Morgan fingerprint density at radius 3 is 2.54 bits per heavy atom. The molecule has 5 rings (SSSR count). The number of carbonyl (C=O) groups excluding carboxylic acids is 2. The van der Waals surface area contributed by atoms with Crippen molar-refractivity contribution in [2.75, 3.05) is 38.6 Å². The first kappa shape index (κ1) is 17.4. The molecule has 140 valence electrons. The summed E-state index contributed by atoms with van der Waals surface area (Å²) in [5, 5.41) is 0. The highest BCUT2D eigenvalue weighted by molar-refractivity contribution is 5.95. The molecule has 2 atom stereocenters. The Morgan fingerprint density at radius 1 is 1.04 bits per heavy atom. The minimum Gasteiger partial charge on any atom is -0.378 e. The predicted octanol–water partition coefficient (Wildman–Crippen LogP) is 2.62. The molecule has 3 saturated heterocycles. The van der Waals surface area contributed by atoms with Gasteiger partial charge in [0.15, 0.2) is 0 Å². The second-order valence-electron chi connectivity index (χ2n) is 8.37. The quantitative estimate of drug-likeness (QED) is 0.837. The molecule has 3 aliphatic heterocycles. The lowest BCUT2D eigenvalue weighted by atomic mass is 9.84. The standard InChI is InChI=1S/C21H29N3O2/c1-22(2)18-8-4-7-17(11-18)21(26)24-13-15-9-10-19(24)14-23(12-15)20(25)16-5-3-6-16/h4,7-8,11,15-16,19H,3,5-6,9-10,12-14H2,1-2H3/t15-,19+/m0/s1. The maximum atomic E-state index is 13.2. The van der Waals surface area contributed by atoms with Gasteiger partial charge in [-0.05, 0) is 49.8 Å². The number of carbonyl (C=O) groups is 2. The van der Waals surface area contributed by atoms with Crippen LogP contribution in [0.5, 0.6) is 0 Å². The Morgan fingerprint density at radius 2 is 1.85 bits per heavy atom. The largest absolute Gasteiger partial charge is 0.378 e. The summed E-state index contributed by atoms with van der Waals surface area (Å²) in [5.74, 6) is 1.10. The molecule has 2 bridgehead atoms. The maximum Gasteiger partial charge on any atom is 0.254 e. The Kier molecular flexibility index (Phi) is 4.63. The van der Waals surface area contributed by atoms with Crippen LogP contribution in [0.25, 0.3) is 0 Å². The van der Waals surface area contributed by atoms with Crippen molar-refractivity contribution in [3.05, 3.63) is 29.8 Å². The zero-order valence-corrected chi connectivity index (χ0v) is 15.9. The summed E-state index contributed by atoms with van der Waals surface area (Å²) in [4.78, 5) is 32.1. The summed E-state index contributed by atoms with van der Waals surface area (Å²) < 4.78 is 0. The van der Waals surface area contributed by atoms with Crippen LogP contribution in [0.3, 0.4) is 0 Å². The zero-order valence-electron chi connectivity index (χ0n) is 15.9. The Hall–Kier alpha value is -2.04. The van der Waals surface area contributed by atoms with Crippen LogP contribution in [0.4, 0.5) is 5.69 Å². The van der Waals surface area contributed by atoms with E-state index in [0.29, 0.717) is 18.4 Å². The molecular formula is C21H29N3O2. The van der Waals surface area contributed by atoms with Gasteiger partial charge in [0, 0.05) is 56.9 Å². The van der Waals surface area contributed by atoms with Crippen LogP contribution in [-0.2, 0) is 4.79 Å². The highest BCUT2D eigenvalue weighted by atomic mass is 16.2. The van der Waals surface area contributed by atoms with Gasteiger partial charge < -0.3 is 14.7 Å². The van der Waals surface area contributed by atoms with Crippen molar-refractivity contribution in [1.29, 1.82) is 0 Å². The van der Waals surface area contributed by atoms with E-state index in [1.807, 2.05) is 48.2 Å². The zero-order chi connectivity index (χ0) is 18.3. The molecule has 4 fully saturated rings. The summed E-state index contributed by atoms with van der Waals surface area (Å²) >= 11 is 0. The Balaban J connectivity index is 1.52. The molecule has 1 aromatic rings. The SMILES string of the molecule is CN(C)c1cccc(C(=O)N2C[C@H]3CC[C@@H]2CN(C(=O)C2CCC2)C3)c1. The van der Waals surface area contributed by atoms with Gasteiger partial charge in [0.1, 0.15) is 0 Å². The summed E-state index contributed by atoms with van der Waals surface area (Å²) in [5.41, 5.74) is 1.79. The number of anilines is 1. The van der Waals surface area contributed by atoms with Gasteiger partial charge in [-0.1, -0.05) is 12.5 Å². The average Bonchev–Trinajstić information content (AvgIpc) is 2.91. The highest BCUT2D eigenvalue weighted by Crippen LogP contribution is 2.33. The van der Waals surface area contributed by atoms with Crippen LogP contribution in [-0.4, -0.2) is 61.4 Å². The van der Waals surface area contributed by atoms with Crippen molar-refractivity contribution in [1.82, 2.24) is 9.80 Å². The van der Waals surface area contributed by atoms with Gasteiger partial charge in [-0.3, -0.25) is 9.59 Å². The van der Waals surface area contributed by atoms with Crippen molar-refractivity contribution in [3.63, 3.8) is 0 Å². The lowest BCUT2D eigenvalue weighted by Gasteiger charge is -2.36. The van der Waals surface area contributed by atoms with Gasteiger partial charge in [0.2, 0.25) is 5.91 Å². The van der Waals surface area contributed by atoms with E-state index in [0.717, 1.165) is 50.0 Å². The molecular weight excluding hydrogens is 326 g/mol. The van der Waals surface area contributed by atoms with E-state index in [1.165, 1.54) is 6.42 Å². The molecule has 1 saturated carbocycles. The van der Waals surface area contributed by atoms with Crippen molar-refractivity contribution in [3.8, 4) is 0 Å². The van der Waals surface area contributed by atoms with E-state index in [-0.39, 0.29) is 17.9 Å². The fourth-order valence-corrected chi connectivity index (χ4v) is 4.51. The summed E-state index contributed by atoms with van der Waals surface area (Å²) in [6, 6.07) is 8.01. The Labute approximate surface area is 155 Å². The molecule has 2 amide bonds. The molecule has 4 aliphatic rings. The number of amides is 2. The van der Waals surface area contributed by atoms with Gasteiger partial charge in [-0.25, -0.2) is 0 Å². The molecule has 0 aromatic heterocycles. The number of benzene rings is 1. The molecule has 5 nitrogen and oxygen atoms in total. The summed E-state index contributed by atoms with van der Waals surface area (Å²) in [6.07, 6.45) is 5.41. The predicted molar refractivity (Wildman–Crippen MR) is 102 cm³/mol. The minimum absolute atomic E-state index is 0.112. The molecule has 5 heteroatoms. The topological polar surface area (TPSA) is 43.9 Å². The van der Waals surface area contributed by atoms with Crippen LogP contribution >= 0.6 is 0 Å². The van der Waals surface area contributed by atoms with Crippen LogP contribution in [0.15, 0.2) is 24.3 Å². The molecule has 3 heterocycles. The second kappa shape index (κ2) is 6.93. The average molecular weight is 355 g/mol. The fraction of sp³-hybridized carbons (Fsp3) is 0.619. The van der Waals surface area contributed by atoms with E-state index in [2.05, 4.69) is 4.90 Å². The number of hydrogen-bond acceptors (Lipinski definition) is 3. The molecule has 0 unspecified atom stereocenters. The van der Waals surface area contributed by atoms with Crippen molar-refractivity contribution >= 4 is 17.5 Å². The Bertz CT molecular complexity index is 698. The third-order valence-corrected chi connectivity index (χ3v) is 6.35. The third-order valence-electron chi connectivity index (χ3n) is 6.35. The highest BCUT2D eigenvalue weighted by Gasteiger charge is 2.40. The maximum absolute atomic E-state index is 13.2. The first-order valence-electron chi connectivity index (χ1n) is 9.90. The van der Waals surface area contributed by atoms with Gasteiger partial charge in [-0.2, -0.15) is 0 Å². The van der Waals surface area contributed by atoms with Gasteiger partial charge in [-0.15, -0.1) is 0 Å². The number of hydrogen-bond donors (Lipinski definition) is 0. The van der Waals surface area contributed by atoms with Gasteiger partial charge >= 0.3 is 0 Å².